The zero-order valence-electron chi connectivity index (χ0n) is 13.7. The van der Waals surface area contributed by atoms with E-state index in [4.69, 9.17) is 0 Å². The van der Waals surface area contributed by atoms with E-state index in [2.05, 4.69) is 4.72 Å². The standard InChI is InChI=1S/C17H24N2O3S/c1-3-9-18-23(21,22)15-7-8-16-14(11-15)10-12(2)19(16)17(20)13-5-4-6-13/h7-8,11-13,18H,3-6,9-10H2,1-2H3/t12-/m0/s1. The number of fused-ring (bicyclic) bond motifs is 1. The highest BCUT2D eigenvalue weighted by molar-refractivity contribution is 7.89. The minimum Gasteiger partial charge on any atom is -0.309 e. The van der Waals surface area contributed by atoms with Crippen LogP contribution in [0.1, 0.15) is 45.1 Å². The van der Waals surface area contributed by atoms with Gasteiger partial charge in [0.05, 0.1) is 4.90 Å². The van der Waals surface area contributed by atoms with Gasteiger partial charge < -0.3 is 4.90 Å². The van der Waals surface area contributed by atoms with Crippen LogP contribution in [-0.2, 0) is 21.2 Å². The van der Waals surface area contributed by atoms with Crippen molar-refractivity contribution < 1.29 is 13.2 Å². The summed E-state index contributed by atoms with van der Waals surface area (Å²) in [5.41, 5.74) is 1.83. The van der Waals surface area contributed by atoms with Gasteiger partial charge in [-0.2, -0.15) is 0 Å². The average molecular weight is 336 g/mol. The SMILES string of the molecule is CCCNS(=O)(=O)c1ccc2c(c1)C[C@H](C)N2C(=O)C1CCC1. The Morgan fingerprint density at radius 3 is 2.70 bits per heavy atom. The van der Waals surface area contributed by atoms with E-state index in [1.165, 1.54) is 0 Å². The van der Waals surface area contributed by atoms with Crippen molar-refractivity contribution in [2.75, 3.05) is 11.4 Å². The first-order valence-electron chi connectivity index (χ1n) is 8.39. The first kappa shape index (κ1) is 16.5. The second-order valence-electron chi connectivity index (χ2n) is 6.58. The number of sulfonamides is 1. The van der Waals surface area contributed by atoms with Crippen LogP contribution < -0.4 is 9.62 Å². The van der Waals surface area contributed by atoms with Crippen LogP contribution in [-0.4, -0.2) is 26.9 Å². The third-order valence-corrected chi connectivity index (χ3v) is 6.27. The second kappa shape index (κ2) is 6.24. The van der Waals surface area contributed by atoms with Gasteiger partial charge in [0.25, 0.3) is 0 Å². The van der Waals surface area contributed by atoms with Crippen molar-refractivity contribution in [1.29, 1.82) is 0 Å². The van der Waals surface area contributed by atoms with Crippen molar-refractivity contribution >= 4 is 21.6 Å². The lowest BCUT2D eigenvalue weighted by atomic mass is 9.84. The van der Waals surface area contributed by atoms with Crippen LogP contribution in [0.15, 0.2) is 23.1 Å². The maximum absolute atomic E-state index is 12.6. The van der Waals surface area contributed by atoms with Crippen molar-refractivity contribution in [1.82, 2.24) is 4.72 Å². The normalized spacial score (nSPS) is 21.1. The highest BCUT2D eigenvalue weighted by atomic mass is 32.2. The van der Waals surface area contributed by atoms with E-state index in [1.54, 1.807) is 18.2 Å². The third kappa shape index (κ3) is 3.02. The molecule has 0 spiro atoms. The quantitative estimate of drug-likeness (QED) is 0.898. The van der Waals surface area contributed by atoms with Crippen molar-refractivity contribution in [3.8, 4) is 0 Å². The van der Waals surface area contributed by atoms with E-state index < -0.39 is 10.0 Å². The molecular formula is C17H24N2O3S. The summed E-state index contributed by atoms with van der Waals surface area (Å²) in [5, 5.41) is 0. The van der Waals surface area contributed by atoms with E-state index in [1.807, 2.05) is 18.7 Å². The summed E-state index contributed by atoms with van der Waals surface area (Å²) in [6.07, 6.45) is 4.55. The molecule has 23 heavy (non-hydrogen) atoms. The molecule has 1 aromatic carbocycles. The molecule has 1 heterocycles. The molecule has 0 unspecified atom stereocenters. The van der Waals surface area contributed by atoms with Crippen molar-refractivity contribution in [3.63, 3.8) is 0 Å². The molecule has 1 N–H and O–H groups in total. The Labute approximate surface area is 138 Å². The topological polar surface area (TPSA) is 66.5 Å². The lowest BCUT2D eigenvalue weighted by molar-refractivity contribution is -0.125. The van der Waals surface area contributed by atoms with Crippen molar-refractivity contribution in [3.05, 3.63) is 23.8 Å². The summed E-state index contributed by atoms with van der Waals surface area (Å²) in [5.74, 6) is 0.347. The number of hydrogen-bond acceptors (Lipinski definition) is 3. The second-order valence-corrected chi connectivity index (χ2v) is 8.34. The molecule has 1 saturated carbocycles. The molecule has 3 rings (SSSR count). The number of nitrogens with one attached hydrogen (secondary N) is 1. The Hall–Kier alpha value is -1.40. The number of amides is 1. The van der Waals surface area contributed by atoms with E-state index in [9.17, 15) is 13.2 Å². The predicted molar refractivity (Wildman–Crippen MR) is 89.9 cm³/mol. The van der Waals surface area contributed by atoms with Crippen LogP contribution in [0.3, 0.4) is 0 Å². The summed E-state index contributed by atoms with van der Waals surface area (Å²) in [6.45, 7) is 4.39. The zero-order chi connectivity index (χ0) is 16.6. The van der Waals surface area contributed by atoms with Gasteiger partial charge in [-0.1, -0.05) is 13.3 Å². The molecule has 1 atom stereocenters. The maximum Gasteiger partial charge on any atom is 0.240 e. The predicted octanol–water partition coefficient (Wildman–Crippen LogP) is 2.45. The molecule has 1 aromatic rings. The van der Waals surface area contributed by atoms with Crippen LogP contribution in [0.4, 0.5) is 5.69 Å². The lowest BCUT2D eigenvalue weighted by Crippen LogP contribution is -2.42. The van der Waals surface area contributed by atoms with Gasteiger partial charge in [-0.15, -0.1) is 0 Å². The molecule has 0 radical (unpaired) electrons. The van der Waals surface area contributed by atoms with Crippen LogP contribution in [0, 0.1) is 5.92 Å². The first-order chi connectivity index (χ1) is 10.9. The summed E-state index contributed by atoms with van der Waals surface area (Å²) in [4.78, 5) is 14.8. The summed E-state index contributed by atoms with van der Waals surface area (Å²) >= 11 is 0. The van der Waals surface area contributed by atoms with Crippen LogP contribution in [0.2, 0.25) is 0 Å². The smallest absolute Gasteiger partial charge is 0.240 e. The number of hydrogen-bond donors (Lipinski definition) is 1. The zero-order valence-corrected chi connectivity index (χ0v) is 14.5. The summed E-state index contributed by atoms with van der Waals surface area (Å²) in [7, 11) is -3.46. The van der Waals surface area contributed by atoms with E-state index in [0.717, 1.165) is 36.9 Å². The van der Waals surface area contributed by atoms with Gasteiger partial charge in [0, 0.05) is 24.2 Å². The average Bonchev–Trinajstić information content (AvgIpc) is 2.78. The molecule has 1 aliphatic heterocycles. The monoisotopic (exact) mass is 336 g/mol. The third-order valence-electron chi connectivity index (χ3n) is 4.81. The Balaban J connectivity index is 1.87. The van der Waals surface area contributed by atoms with Gasteiger partial charge in [-0.05, 0) is 56.4 Å². The molecule has 1 amide bonds. The highest BCUT2D eigenvalue weighted by Gasteiger charge is 2.37. The number of benzene rings is 1. The summed E-state index contributed by atoms with van der Waals surface area (Å²) < 4.78 is 27.1. The Kier molecular flexibility index (Phi) is 4.47. The number of rotatable bonds is 5. The number of nitrogens with zero attached hydrogens (tertiary/aromatic N) is 1. The Morgan fingerprint density at radius 1 is 1.35 bits per heavy atom. The number of carbonyl (C=O) groups excluding carboxylic acids is 1. The van der Waals surface area contributed by atoms with Gasteiger partial charge in [0.1, 0.15) is 0 Å². The largest absolute Gasteiger partial charge is 0.309 e. The molecule has 6 heteroatoms. The fourth-order valence-electron chi connectivity index (χ4n) is 3.28. The molecule has 1 fully saturated rings. The minimum absolute atomic E-state index is 0.0969. The van der Waals surface area contributed by atoms with Gasteiger partial charge in [-0.3, -0.25) is 4.79 Å². The molecule has 0 aromatic heterocycles. The molecule has 5 nitrogen and oxygen atoms in total. The molecule has 0 bridgehead atoms. The molecular weight excluding hydrogens is 312 g/mol. The van der Waals surface area contributed by atoms with Crippen LogP contribution in [0.5, 0.6) is 0 Å². The van der Waals surface area contributed by atoms with Crippen molar-refractivity contribution in [2.24, 2.45) is 5.92 Å². The van der Waals surface area contributed by atoms with Crippen molar-refractivity contribution in [2.45, 2.75) is 56.9 Å². The molecule has 0 saturated heterocycles. The van der Waals surface area contributed by atoms with Crippen LogP contribution >= 0.6 is 0 Å². The van der Waals surface area contributed by atoms with Gasteiger partial charge in [0.15, 0.2) is 0 Å². The minimum atomic E-state index is -3.46. The van der Waals surface area contributed by atoms with E-state index in [-0.39, 0.29) is 22.8 Å². The molecule has 126 valence electrons. The number of carbonyl (C=O) groups is 1. The highest BCUT2D eigenvalue weighted by Crippen LogP contribution is 2.38. The molecule has 2 aliphatic rings. The Bertz CT molecular complexity index is 711. The summed E-state index contributed by atoms with van der Waals surface area (Å²) in [6, 6.07) is 5.21. The van der Waals surface area contributed by atoms with Gasteiger partial charge in [0.2, 0.25) is 15.9 Å². The van der Waals surface area contributed by atoms with Crippen LogP contribution in [0.25, 0.3) is 0 Å². The van der Waals surface area contributed by atoms with E-state index >= 15 is 0 Å². The fourth-order valence-corrected chi connectivity index (χ4v) is 4.47. The van der Waals surface area contributed by atoms with Gasteiger partial charge >= 0.3 is 0 Å². The lowest BCUT2D eigenvalue weighted by Gasteiger charge is -2.32. The number of anilines is 1. The van der Waals surface area contributed by atoms with Gasteiger partial charge in [-0.25, -0.2) is 13.1 Å². The first-order valence-corrected chi connectivity index (χ1v) is 9.88. The fraction of sp³-hybridized carbons (Fsp3) is 0.588. The van der Waals surface area contributed by atoms with E-state index in [0.29, 0.717) is 13.0 Å². The molecule has 1 aliphatic carbocycles. The Morgan fingerprint density at radius 2 is 2.09 bits per heavy atom. The maximum atomic E-state index is 12.6.